The number of aryl methyl sites for hydroxylation is 1. The Hall–Kier alpha value is -1.48. The van der Waals surface area contributed by atoms with E-state index in [0.29, 0.717) is 5.88 Å². The molecule has 82 valence electrons. The smallest absolute Gasteiger partial charge is 0.159 e. The summed E-state index contributed by atoms with van der Waals surface area (Å²) in [7, 11) is 0. The molecule has 0 N–H and O–H groups in total. The van der Waals surface area contributed by atoms with E-state index in [1.807, 2.05) is 18.3 Å². The largest absolute Gasteiger partial charge is 0.264 e. The summed E-state index contributed by atoms with van der Waals surface area (Å²) in [6.07, 6.45) is 6.26. The molecule has 2 heterocycles. The Morgan fingerprint density at radius 3 is 2.88 bits per heavy atom. The van der Waals surface area contributed by atoms with Gasteiger partial charge in [0.15, 0.2) is 5.82 Å². The molecule has 2 aromatic rings. The summed E-state index contributed by atoms with van der Waals surface area (Å²) in [6, 6.07) is 3.76. The van der Waals surface area contributed by atoms with Crippen molar-refractivity contribution < 1.29 is 0 Å². The van der Waals surface area contributed by atoms with Gasteiger partial charge in [0, 0.05) is 24.2 Å². The minimum atomic E-state index is 0.405. The number of nitrogens with zero attached hydrogens (tertiary/aromatic N) is 3. The van der Waals surface area contributed by atoms with Crippen LogP contribution in [-0.2, 0) is 12.3 Å². The molecule has 0 fully saturated rings. The second kappa shape index (κ2) is 5.03. The number of alkyl halides is 1. The van der Waals surface area contributed by atoms with E-state index in [-0.39, 0.29) is 0 Å². The van der Waals surface area contributed by atoms with Crippen LogP contribution in [0.25, 0.3) is 11.4 Å². The summed E-state index contributed by atoms with van der Waals surface area (Å²) in [6.45, 7) is 2.09. The Labute approximate surface area is 99.5 Å². The van der Waals surface area contributed by atoms with E-state index < -0.39 is 0 Å². The minimum absolute atomic E-state index is 0.405. The van der Waals surface area contributed by atoms with Crippen molar-refractivity contribution >= 4 is 11.6 Å². The third kappa shape index (κ3) is 2.19. The Bertz CT molecular complexity index is 485. The molecule has 2 rings (SSSR count). The van der Waals surface area contributed by atoms with Crippen molar-refractivity contribution in [3.63, 3.8) is 0 Å². The molecule has 0 aliphatic carbocycles. The van der Waals surface area contributed by atoms with Gasteiger partial charge in [0.05, 0.1) is 11.6 Å². The van der Waals surface area contributed by atoms with Crippen LogP contribution in [0, 0.1) is 0 Å². The molecule has 0 radical (unpaired) electrons. The molecule has 0 bridgehead atoms. The Morgan fingerprint density at radius 2 is 2.12 bits per heavy atom. The van der Waals surface area contributed by atoms with Crippen LogP contribution < -0.4 is 0 Å². The highest BCUT2D eigenvalue weighted by Gasteiger charge is 2.06. The second-order valence-electron chi connectivity index (χ2n) is 3.39. The first-order valence-corrected chi connectivity index (χ1v) is 5.69. The van der Waals surface area contributed by atoms with Gasteiger partial charge >= 0.3 is 0 Å². The van der Waals surface area contributed by atoms with Crippen LogP contribution in [-0.4, -0.2) is 15.0 Å². The van der Waals surface area contributed by atoms with Gasteiger partial charge in [-0.3, -0.25) is 4.98 Å². The van der Waals surface area contributed by atoms with Gasteiger partial charge in [-0.25, -0.2) is 9.97 Å². The molecule has 0 aliphatic heterocycles. The van der Waals surface area contributed by atoms with Gasteiger partial charge in [0.25, 0.3) is 0 Å². The van der Waals surface area contributed by atoms with Crippen LogP contribution in [0.2, 0.25) is 0 Å². The van der Waals surface area contributed by atoms with E-state index in [2.05, 4.69) is 21.9 Å². The fraction of sp³-hybridized carbons (Fsp3) is 0.250. The normalized spacial score (nSPS) is 10.4. The van der Waals surface area contributed by atoms with Crippen molar-refractivity contribution in [2.24, 2.45) is 0 Å². The Balaban J connectivity index is 2.49. The minimum Gasteiger partial charge on any atom is -0.264 e. The predicted molar refractivity (Wildman–Crippen MR) is 64.2 cm³/mol. The Morgan fingerprint density at radius 1 is 1.25 bits per heavy atom. The maximum absolute atomic E-state index is 5.76. The van der Waals surface area contributed by atoms with E-state index in [4.69, 9.17) is 11.6 Å². The standard InChI is InChI=1S/C12H12ClN3/c1-2-9-8-14-5-4-11(9)12-15-6-3-10(7-13)16-12/h3-6,8H,2,7H2,1H3. The first-order valence-electron chi connectivity index (χ1n) is 5.16. The number of rotatable bonds is 3. The average molecular weight is 234 g/mol. The van der Waals surface area contributed by atoms with Gasteiger partial charge in [-0.15, -0.1) is 11.6 Å². The quantitative estimate of drug-likeness (QED) is 0.766. The number of hydrogen-bond acceptors (Lipinski definition) is 3. The van der Waals surface area contributed by atoms with Gasteiger partial charge in [-0.2, -0.15) is 0 Å². The lowest BCUT2D eigenvalue weighted by Gasteiger charge is -2.06. The molecule has 4 heteroatoms. The summed E-state index contributed by atoms with van der Waals surface area (Å²) in [5, 5.41) is 0. The number of halogens is 1. The van der Waals surface area contributed by atoms with Crippen molar-refractivity contribution in [3.05, 3.63) is 42.0 Å². The molecule has 0 atom stereocenters. The van der Waals surface area contributed by atoms with Crippen molar-refractivity contribution in [2.45, 2.75) is 19.2 Å². The van der Waals surface area contributed by atoms with Gasteiger partial charge in [0.2, 0.25) is 0 Å². The monoisotopic (exact) mass is 233 g/mol. The van der Waals surface area contributed by atoms with Crippen LogP contribution in [0.3, 0.4) is 0 Å². The third-order valence-electron chi connectivity index (χ3n) is 2.38. The zero-order chi connectivity index (χ0) is 11.4. The molecule has 0 aromatic carbocycles. The van der Waals surface area contributed by atoms with Gasteiger partial charge < -0.3 is 0 Å². The third-order valence-corrected chi connectivity index (χ3v) is 2.65. The lowest BCUT2D eigenvalue weighted by atomic mass is 10.1. The van der Waals surface area contributed by atoms with Gasteiger partial charge in [-0.05, 0) is 24.1 Å². The fourth-order valence-electron chi connectivity index (χ4n) is 1.53. The SMILES string of the molecule is CCc1cnccc1-c1nccc(CCl)n1. The van der Waals surface area contributed by atoms with Crippen molar-refractivity contribution in [2.75, 3.05) is 0 Å². The van der Waals surface area contributed by atoms with Crippen LogP contribution in [0.1, 0.15) is 18.2 Å². The van der Waals surface area contributed by atoms with E-state index in [9.17, 15) is 0 Å². The molecule has 2 aromatic heterocycles. The van der Waals surface area contributed by atoms with Crippen molar-refractivity contribution in [1.82, 2.24) is 15.0 Å². The molecule has 3 nitrogen and oxygen atoms in total. The first kappa shape index (κ1) is 11.0. The molecule has 0 aliphatic rings. The molecule has 16 heavy (non-hydrogen) atoms. The summed E-state index contributed by atoms with van der Waals surface area (Å²) in [5.41, 5.74) is 3.02. The van der Waals surface area contributed by atoms with Crippen LogP contribution >= 0.6 is 11.6 Å². The summed E-state index contributed by atoms with van der Waals surface area (Å²) < 4.78 is 0. The summed E-state index contributed by atoms with van der Waals surface area (Å²) >= 11 is 5.76. The lowest BCUT2D eigenvalue weighted by molar-refractivity contribution is 1.06. The molecule has 0 spiro atoms. The molecular weight excluding hydrogens is 222 g/mol. The highest BCUT2D eigenvalue weighted by molar-refractivity contribution is 6.16. The molecule has 0 amide bonds. The van der Waals surface area contributed by atoms with E-state index in [1.54, 1.807) is 12.4 Å². The van der Waals surface area contributed by atoms with E-state index in [1.165, 1.54) is 0 Å². The maximum atomic E-state index is 5.76. The molecule has 0 saturated heterocycles. The first-order chi connectivity index (χ1) is 7.85. The maximum Gasteiger partial charge on any atom is 0.159 e. The van der Waals surface area contributed by atoms with Crippen LogP contribution in [0.4, 0.5) is 0 Å². The number of aromatic nitrogens is 3. The molecule has 0 unspecified atom stereocenters. The lowest BCUT2D eigenvalue weighted by Crippen LogP contribution is -1.96. The van der Waals surface area contributed by atoms with Crippen LogP contribution in [0.5, 0.6) is 0 Å². The van der Waals surface area contributed by atoms with Gasteiger partial charge in [0.1, 0.15) is 0 Å². The topological polar surface area (TPSA) is 38.7 Å². The average Bonchev–Trinajstić information content (AvgIpc) is 2.38. The highest BCUT2D eigenvalue weighted by Crippen LogP contribution is 2.19. The van der Waals surface area contributed by atoms with Crippen molar-refractivity contribution in [3.8, 4) is 11.4 Å². The predicted octanol–water partition coefficient (Wildman–Crippen LogP) is 2.84. The number of hydrogen-bond donors (Lipinski definition) is 0. The highest BCUT2D eigenvalue weighted by atomic mass is 35.5. The van der Waals surface area contributed by atoms with E-state index >= 15 is 0 Å². The Kier molecular flexibility index (Phi) is 3.47. The number of pyridine rings is 1. The fourth-order valence-corrected chi connectivity index (χ4v) is 1.68. The molecular formula is C12H12ClN3. The van der Waals surface area contributed by atoms with Gasteiger partial charge in [-0.1, -0.05) is 6.92 Å². The summed E-state index contributed by atoms with van der Waals surface area (Å²) in [4.78, 5) is 12.8. The summed E-state index contributed by atoms with van der Waals surface area (Å²) in [5.74, 6) is 1.12. The second-order valence-corrected chi connectivity index (χ2v) is 3.66. The van der Waals surface area contributed by atoms with E-state index in [0.717, 1.165) is 29.1 Å². The van der Waals surface area contributed by atoms with Crippen LogP contribution in [0.15, 0.2) is 30.7 Å². The zero-order valence-corrected chi connectivity index (χ0v) is 9.78. The molecule has 0 saturated carbocycles. The zero-order valence-electron chi connectivity index (χ0n) is 9.02. The van der Waals surface area contributed by atoms with Crippen molar-refractivity contribution in [1.29, 1.82) is 0 Å².